The molecule has 72 valence electrons. The fourth-order valence-electron chi connectivity index (χ4n) is 1.64. The van der Waals surface area contributed by atoms with Crippen LogP contribution in [-0.4, -0.2) is 6.04 Å². The molecule has 0 amide bonds. The number of nitrogens with one attached hydrogen (secondary N) is 1. The summed E-state index contributed by atoms with van der Waals surface area (Å²) in [7, 11) is 0. The van der Waals surface area contributed by atoms with Crippen LogP contribution in [0.5, 0.6) is 0 Å². The molecule has 1 atom stereocenters. The first-order valence-electron chi connectivity index (χ1n) is 5.01. The molecule has 1 N–H and O–H groups in total. The Balaban J connectivity index is 2.04. The Morgan fingerprint density at radius 2 is 2.21 bits per heavy atom. The average Bonchev–Trinajstić information content (AvgIpc) is 2.19. The van der Waals surface area contributed by atoms with Crippen LogP contribution in [0.1, 0.15) is 12.0 Å². The van der Waals surface area contributed by atoms with Crippen LogP contribution in [0.15, 0.2) is 48.6 Å². The molecule has 0 aliphatic heterocycles. The third-order valence-electron chi connectivity index (χ3n) is 2.35. The Hall–Kier alpha value is -1.50. The van der Waals surface area contributed by atoms with Crippen LogP contribution in [0.2, 0.25) is 0 Å². The summed E-state index contributed by atoms with van der Waals surface area (Å²) in [5.74, 6) is 0. The zero-order valence-corrected chi connectivity index (χ0v) is 8.40. The summed E-state index contributed by atoms with van der Waals surface area (Å²) >= 11 is 0. The Kier molecular flexibility index (Phi) is 2.68. The maximum Gasteiger partial charge on any atom is 0.0482 e. The van der Waals surface area contributed by atoms with Crippen LogP contribution in [-0.2, 0) is 0 Å². The minimum Gasteiger partial charge on any atom is -0.379 e. The lowest BCUT2D eigenvalue weighted by Crippen LogP contribution is -2.16. The van der Waals surface area contributed by atoms with Crippen LogP contribution in [0, 0.1) is 6.92 Å². The molecule has 0 saturated carbocycles. The fourth-order valence-corrected chi connectivity index (χ4v) is 1.64. The van der Waals surface area contributed by atoms with E-state index >= 15 is 0 Å². The van der Waals surface area contributed by atoms with Crippen LogP contribution in [0.4, 0.5) is 5.69 Å². The van der Waals surface area contributed by atoms with Crippen molar-refractivity contribution in [2.24, 2.45) is 0 Å². The van der Waals surface area contributed by atoms with E-state index in [1.807, 2.05) is 0 Å². The Morgan fingerprint density at radius 3 is 2.93 bits per heavy atom. The lowest BCUT2D eigenvalue weighted by Gasteiger charge is -2.16. The third-order valence-corrected chi connectivity index (χ3v) is 2.35. The Labute approximate surface area is 85.2 Å². The minimum absolute atomic E-state index is 0.446. The van der Waals surface area contributed by atoms with Crippen LogP contribution in [0.25, 0.3) is 0 Å². The maximum absolute atomic E-state index is 3.48. The number of hydrogen-bond donors (Lipinski definition) is 1. The highest BCUT2D eigenvalue weighted by Crippen LogP contribution is 2.14. The number of rotatable bonds is 2. The standard InChI is InChI=1S/C13H15N/c1-11-6-5-9-13(10-11)14-12-7-3-2-4-8-12/h2-7,9-10,12,14H,8H2,1H3. The molecule has 0 heterocycles. The lowest BCUT2D eigenvalue weighted by atomic mass is 10.1. The van der Waals surface area contributed by atoms with Gasteiger partial charge in [0.05, 0.1) is 0 Å². The summed E-state index contributed by atoms with van der Waals surface area (Å²) in [6.07, 6.45) is 9.64. The van der Waals surface area contributed by atoms with Crippen molar-refractivity contribution in [3.63, 3.8) is 0 Å². The highest BCUT2D eigenvalue weighted by Gasteiger charge is 2.03. The molecule has 2 rings (SSSR count). The zero-order chi connectivity index (χ0) is 9.80. The monoisotopic (exact) mass is 185 g/mol. The number of anilines is 1. The van der Waals surface area contributed by atoms with Crippen molar-refractivity contribution in [1.82, 2.24) is 0 Å². The molecular weight excluding hydrogens is 170 g/mol. The molecule has 1 heteroatoms. The number of hydrogen-bond acceptors (Lipinski definition) is 1. The zero-order valence-electron chi connectivity index (χ0n) is 8.40. The lowest BCUT2D eigenvalue weighted by molar-refractivity contribution is 0.883. The van der Waals surface area contributed by atoms with E-state index in [4.69, 9.17) is 0 Å². The molecule has 0 saturated heterocycles. The topological polar surface area (TPSA) is 12.0 Å². The van der Waals surface area contributed by atoms with Crippen molar-refractivity contribution >= 4 is 5.69 Å². The molecule has 1 nitrogen and oxygen atoms in total. The minimum atomic E-state index is 0.446. The molecule has 0 aromatic heterocycles. The van der Waals surface area contributed by atoms with Gasteiger partial charge in [0.15, 0.2) is 0 Å². The summed E-state index contributed by atoms with van der Waals surface area (Å²) in [5, 5.41) is 3.48. The van der Waals surface area contributed by atoms with Crippen molar-refractivity contribution in [1.29, 1.82) is 0 Å². The molecule has 0 fully saturated rings. The van der Waals surface area contributed by atoms with Gasteiger partial charge in [-0.2, -0.15) is 0 Å². The Bertz CT molecular complexity index is 363. The van der Waals surface area contributed by atoms with Crippen molar-refractivity contribution < 1.29 is 0 Å². The van der Waals surface area contributed by atoms with E-state index in [1.165, 1.54) is 11.3 Å². The van der Waals surface area contributed by atoms with Crippen molar-refractivity contribution in [2.45, 2.75) is 19.4 Å². The van der Waals surface area contributed by atoms with Gasteiger partial charge < -0.3 is 5.32 Å². The highest BCUT2D eigenvalue weighted by atomic mass is 14.9. The third kappa shape index (κ3) is 2.25. The first-order valence-corrected chi connectivity index (χ1v) is 5.01. The van der Waals surface area contributed by atoms with E-state index in [0.717, 1.165) is 6.42 Å². The first kappa shape index (κ1) is 9.07. The van der Waals surface area contributed by atoms with Gasteiger partial charge in [0.1, 0.15) is 0 Å². The van der Waals surface area contributed by atoms with Gasteiger partial charge >= 0.3 is 0 Å². The first-order chi connectivity index (χ1) is 6.84. The van der Waals surface area contributed by atoms with Gasteiger partial charge in [-0.1, -0.05) is 36.4 Å². The van der Waals surface area contributed by atoms with Gasteiger partial charge in [0.2, 0.25) is 0 Å². The molecule has 0 radical (unpaired) electrons. The number of aryl methyl sites for hydroxylation is 1. The fraction of sp³-hybridized carbons (Fsp3) is 0.231. The molecular formula is C13H15N. The predicted octanol–water partition coefficient (Wildman–Crippen LogP) is 3.29. The normalized spacial score (nSPS) is 19.6. The van der Waals surface area contributed by atoms with Gasteiger partial charge in [-0.25, -0.2) is 0 Å². The van der Waals surface area contributed by atoms with Crippen molar-refractivity contribution in [3.8, 4) is 0 Å². The molecule has 1 aromatic carbocycles. The van der Waals surface area contributed by atoms with Crippen LogP contribution in [0.3, 0.4) is 0 Å². The van der Waals surface area contributed by atoms with Gasteiger partial charge in [0.25, 0.3) is 0 Å². The van der Waals surface area contributed by atoms with E-state index in [-0.39, 0.29) is 0 Å². The van der Waals surface area contributed by atoms with E-state index in [9.17, 15) is 0 Å². The summed E-state index contributed by atoms with van der Waals surface area (Å²) < 4.78 is 0. The van der Waals surface area contributed by atoms with E-state index in [0.29, 0.717) is 6.04 Å². The summed E-state index contributed by atoms with van der Waals surface area (Å²) in [6, 6.07) is 8.93. The molecule has 1 aliphatic rings. The maximum atomic E-state index is 3.48. The average molecular weight is 185 g/mol. The van der Waals surface area contributed by atoms with Gasteiger partial charge in [0, 0.05) is 11.7 Å². The smallest absolute Gasteiger partial charge is 0.0482 e. The summed E-state index contributed by atoms with van der Waals surface area (Å²) in [5.41, 5.74) is 2.50. The van der Waals surface area contributed by atoms with Gasteiger partial charge in [-0.05, 0) is 31.0 Å². The second-order valence-electron chi connectivity index (χ2n) is 3.67. The van der Waals surface area contributed by atoms with Gasteiger partial charge in [-0.3, -0.25) is 0 Å². The van der Waals surface area contributed by atoms with Crippen molar-refractivity contribution in [3.05, 3.63) is 54.1 Å². The molecule has 1 unspecified atom stereocenters. The van der Waals surface area contributed by atoms with Crippen LogP contribution >= 0.6 is 0 Å². The number of allylic oxidation sites excluding steroid dienone is 2. The van der Waals surface area contributed by atoms with Crippen molar-refractivity contribution in [2.75, 3.05) is 5.32 Å². The summed E-state index contributed by atoms with van der Waals surface area (Å²) in [6.45, 7) is 2.11. The highest BCUT2D eigenvalue weighted by molar-refractivity contribution is 5.47. The van der Waals surface area contributed by atoms with Gasteiger partial charge in [-0.15, -0.1) is 0 Å². The van der Waals surface area contributed by atoms with E-state index < -0.39 is 0 Å². The quantitative estimate of drug-likeness (QED) is 0.745. The molecule has 1 aliphatic carbocycles. The number of benzene rings is 1. The predicted molar refractivity (Wildman–Crippen MR) is 61.5 cm³/mol. The summed E-state index contributed by atoms with van der Waals surface area (Å²) in [4.78, 5) is 0. The second kappa shape index (κ2) is 4.14. The second-order valence-corrected chi connectivity index (χ2v) is 3.67. The SMILES string of the molecule is Cc1cccc(NC2C=CC=CC2)c1. The largest absolute Gasteiger partial charge is 0.379 e. The Morgan fingerprint density at radius 1 is 1.29 bits per heavy atom. The molecule has 14 heavy (non-hydrogen) atoms. The van der Waals surface area contributed by atoms with Crippen LogP contribution < -0.4 is 5.32 Å². The molecule has 1 aromatic rings. The van der Waals surface area contributed by atoms with E-state index in [1.54, 1.807) is 0 Å². The molecule has 0 spiro atoms. The molecule has 0 bridgehead atoms. The van der Waals surface area contributed by atoms with E-state index in [2.05, 4.69) is 60.8 Å².